The molecule has 0 aliphatic carbocycles. The fourth-order valence-electron chi connectivity index (χ4n) is 1.91. The van der Waals surface area contributed by atoms with Gasteiger partial charge in [0.1, 0.15) is 0 Å². The van der Waals surface area contributed by atoms with E-state index in [0.29, 0.717) is 35.8 Å². The Labute approximate surface area is 105 Å². The monoisotopic (exact) mass is 254 g/mol. The van der Waals surface area contributed by atoms with Gasteiger partial charge in [-0.1, -0.05) is 18.5 Å². The lowest BCUT2D eigenvalue weighted by atomic mass is 9.90. The highest BCUT2D eigenvalue weighted by Gasteiger charge is 2.42. The van der Waals surface area contributed by atoms with Crippen LogP contribution in [0.15, 0.2) is 18.2 Å². The normalized spacial score (nSPS) is 17.7. The molecule has 1 amide bonds. The second kappa shape index (κ2) is 4.20. The molecule has 1 heterocycles. The average Bonchev–Trinajstić information content (AvgIpc) is 2.27. The van der Waals surface area contributed by atoms with Gasteiger partial charge in [-0.25, -0.2) is 0 Å². The standard InChI is InChI=1S/C12H15ClN2O2/c1-2-12(17)6-15(7-12)11(16)9-5-8(14)3-4-10(9)13/h3-5,17H,2,6-7,14H2,1H3. The molecule has 1 aliphatic rings. The summed E-state index contributed by atoms with van der Waals surface area (Å²) in [6.07, 6.45) is 0.640. The minimum absolute atomic E-state index is 0.180. The zero-order chi connectivity index (χ0) is 12.6. The maximum absolute atomic E-state index is 12.1. The number of anilines is 1. The van der Waals surface area contributed by atoms with E-state index in [1.807, 2.05) is 6.92 Å². The Morgan fingerprint density at radius 3 is 2.82 bits per heavy atom. The number of carbonyl (C=O) groups excluding carboxylic acids is 1. The third-order valence-electron chi connectivity index (χ3n) is 3.14. The number of nitrogens with zero attached hydrogens (tertiary/aromatic N) is 1. The van der Waals surface area contributed by atoms with Gasteiger partial charge in [0, 0.05) is 5.69 Å². The highest BCUT2D eigenvalue weighted by atomic mass is 35.5. The number of aliphatic hydroxyl groups is 1. The molecule has 17 heavy (non-hydrogen) atoms. The Morgan fingerprint density at radius 2 is 2.24 bits per heavy atom. The first-order valence-electron chi connectivity index (χ1n) is 5.52. The number of amides is 1. The van der Waals surface area contributed by atoms with Crippen molar-refractivity contribution in [2.24, 2.45) is 0 Å². The van der Waals surface area contributed by atoms with Crippen molar-refractivity contribution in [3.05, 3.63) is 28.8 Å². The van der Waals surface area contributed by atoms with Crippen molar-refractivity contribution in [1.29, 1.82) is 0 Å². The summed E-state index contributed by atoms with van der Waals surface area (Å²) in [5.41, 5.74) is 5.79. The Hall–Kier alpha value is -1.26. The number of halogens is 1. The fourth-order valence-corrected chi connectivity index (χ4v) is 2.11. The third-order valence-corrected chi connectivity index (χ3v) is 3.47. The lowest BCUT2D eigenvalue weighted by molar-refractivity contribution is -0.0826. The number of β-amino-alcohol motifs (C(OH)–C–C–N with tert-alkyl or cyclic N) is 1. The number of rotatable bonds is 2. The second-order valence-electron chi connectivity index (χ2n) is 4.48. The van der Waals surface area contributed by atoms with E-state index in [9.17, 15) is 9.90 Å². The summed E-state index contributed by atoms with van der Waals surface area (Å²) in [5, 5.41) is 10.2. The summed E-state index contributed by atoms with van der Waals surface area (Å²) in [5.74, 6) is -0.180. The Kier molecular flexibility index (Phi) is 3.02. The molecule has 0 aromatic heterocycles. The fraction of sp³-hybridized carbons (Fsp3) is 0.417. The van der Waals surface area contributed by atoms with Crippen molar-refractivity contribution in [2.75, 3.05) is 18.8 Å². The first kappa shape index (κ1) is 12.2. The quantitative estimate of drug-likeness (QED) is 0.787. The van der Waals surface area contributed by atoms with Crippen LogP contribution in [0, 0.1) is 0 Å². The molecule has 1 aliphatic heterocycles. The van der Waals surface area contributed by atoms with Crippen molar-refractivity contribution < 1.29 is 9.90 Å². The average molecular weight is 255 g/mol. The molecular formula is C12H15ClN2O2. The van der Waals surface area contributed by atoms with E-state index in [4.69, 9.17) is 17.3 Å². The molecule has 0 saturated carbocycles. The summed E-state index contributed by atoms with van der Waals surface area (Å²) >= 11 is 5.96. The lowest BCUT2D eigenvalue weighted by Gasteiger charge is -2.46. The van der Waals surface area contributed by atoms with E-state index in [1.165, 1.54) is 0 Å². The van der Waals surface area contributed by atoms with Gasteiger partial charge in [-0.15, -0.1) is 0 Å². The topological polar surface area (TPSA) is 66.6 Å². The van der Waals surface area contributed by atoms with Gasteiger partial charge in [-0.05, 0) is 24.6 Å². The molecule has 5 heteroatoms. The van der Waals surface area contributed by atoms with E-state index in [2.05, 4.69) is 0 Å². The largest absolute Gasteiger partial charge is 0.399 e. The predicted molar refractivity (Wildman–Crippen MR) is 67.0 cm³/mol. The highest BCUT2D eigenvalue weighted by molar-refractivity contribution is 6.34. The minimum atomic E-state index is -0.734. The molecule has 1 aromatic carbocycles. The van der Waals surface area contributed by atoms with Crippen LogP contribution in [0.3, 0.4) is 0 Å². The van der Waals surface area contributed by atoms with Gasteiger partial charge >= 0.3 is 0 Å². The third kappa shape index (κ3) is 2.23. The molecule has 0 unspecified atom stereocenters. The number of likely N-dealkylation sites (tertiary alicyclic amines) is 1. The van der Waals surface area contributed by atoms with Gasteiger partial charge in [0.05, 0.1) is 29.3 Å². The van der Waals surface area contributed by atoms with Gasteiger partial charge in [0.15, 0.2) is 0 Å². The molecule has 1 fully saturated rings. The minimum Gasteiger partial charge on any atom is -0.399 e. The van der Waals surface area contributed by atoms with E-state index < -0.39 is 5.60 Å². The van der Waals surface area contributed by atoms with Crippen molar-refractivity contribution in [3.8, 4) is 0 Å². The molecule has 0 radical (unpaired) electrons. The van der Waals surface area contributed by atoms with E-state index in [0.717, 1.165) is 0 Å². The maximum Gasteiger partial charge on any atom is 0.255 e. The number of benzene rings is 1. The molecule has 3 N–H and O–H groups in total. The van der Waals surface area contributed by atoms with Crippen molar-refractivity contribution >= 4 is 23.2 Å². The summed E-state index contributed by atoms with van der Waals surface area (Å²) < 4.78 is 0. The number of hydrogen-bond acceptors (Lipinski definition) is 3. The number of nitrogens with two attached hydrogens (primary N) is 1. The van der Waals surface area contributed by atoms with Crippen molar-refractivity contribution in [1.82, 2.24) is 4.90 Å². The number of carbonyl (C=O) groups is 1. The van der Waals surface area contributed by atoms with Crippen LogP contribution in [-0.2, 0) is 0 Å². The van der Waals surface area contributed by atoms with E-state index in [-0.39, 0.29) is 5.91 Å². The molecule has 1 aromatic rings. The lowest BCUT2D eigenvalue weighted by Crippen LogP contribution is -2.63. The van der Waals surface area contributed by atoms with Gasteiger partial charge in [-0.3, -0.25) is 4.79 Å². The van der Waals surface area contributed by atoms with Crippen LogP contribution >= 0.6 is 11.6 Å². The van der Waals surface area contributed by atoms with Gasteiger partial charge < -0.3 is 15.7 Å². The first-order valence-corrected chi connectivity index (χ1v) is 5.90. The zero-order valence-electron chi connectivity index (χ0n) is 9.61. The van der Waals surface area contributed by atoms with Gasteiger partial charge in [-0.2, -0.15) is 0 Å². The van der Waals surface area contributed by atoms with Crippen molar-refractivity contribution in [3.63, 3.8) is 0 Å². The molecule has 4 nitrogen and oxygen atoms in total. The number of hydrogen-bond donors (Lipinski definition) is 2. The van der Waals surface area contributed by atoms with Crippen LogP contribution in [0.5, 0.6) is 0 Å². The van der Waals surface area contributed by atoms with Gasteiger partial charge in [0.25, 0.3) is 5.91 Å². The second-order valence-corrected chi connectivity index (χ2v) is 4.89. The molecule has 1 saturated heterocycles. The molecule has 0 bridgehead atoms. The van der Waals surface area contributed by atoms with Crippen LogP contribution in [0.25, 0.3) is 0 Å². The van der Waals surface area contributed by atoms with Gasteiger partial charge in [0.2, 0.25) is 0 Å². The highest BCUT2D eigenvalue weighted by Crippen LogP contribution is 2.28. The molecule has 2 rings (SSSR count). The van der Waals surface area contributed by atoms with Crippen LogP contribution in [0.4, 0.5) is 5.69 Å². The molecule has 92 valence electrons. The smallest absolute Gasteiger partial charge is 0.255 e. The Balaban J connectivity index is 2.14. The van der Waals surface area contributed by atoms with Crippen LogP contribution in [0.1, 0.15) is 23.7 Å². The van der Waals surface area contributed by atoms with Crippen molar-refractivity contribution in [2.45, 2.75) is 18.9 Å². The molecule has 0 atom stereocenters. The Bertz CT molecular complexity index is 456. The summed E-state index contributed by atoms with van der Waals surface area (Å²) in [4.78, 5) is 13.7. The van der Waals surface area contributed by atoms with E-state index >= 15 is 0 Å². The predicted octanol–water partition coefficient (Wildman–Crippen LogP) is 1.52. The SMILES string of the molecule is CCC1(O)CN(C(=O)c2cc(N)ccc2Cl)C1. The van der Waals surface area contributed by atoms with E-state index in [1.54, 1.807) is 23.1 Å². The van der Waals surface area contributed by atoms with Crippen LogP contribution < -0.4 is 5.73 Å². The maximum atomic E-state index is 12.1. The summed E-state index contributed by atoms with van der Waals surface area (Å²) in [6.45, 7) is 2.61. The van der Waals surface area contributed by atoms with Crippen LogP contribution in [0.2, 0.25) is 5.02 Å². The van der Waals surface area contributed by atoms with Crippen LogP contribution in [-0.4, -0.2) is 34.6 Å². The molecular weight excluding hydrogens is 240 g/mol. The first-order chi connectivity index (χ1) is 7.95. The zero-order valence-corrected chi connectivity index (χ0v) is 10.4. The molecule has 0 spiro atoms. The number of nitrogen functional groups attached to an aromatic ring is 1. The summed E-state index contributed by atoms with van der Waals surface area (Å²) in [7, 11) is 0. The Morgan fingerprint density at radius 1 is 1.59 bits per heavy atom. The summed E-state index contributed by atoms with van der Waals surface area (Å²) in [6, 6.07) is 4.82.